The molecule has 228 valence electrons. The number of hydrogen-bond acceptors (Lipinski definition) is 7. The number of amides is 2. The van der Waals surface area contributed by atoms with Crippen molar-refractivity contribution in [3.05, 3.63) is 72.1 Å². The Labute approximate surface area is 250 Å². The van der Waals surface area contributed by atoms with E-state index in [4.69, 9.17) is 16.2 Å². The van der Waals surface area contributed by atoms with Crippen molar-refractivity contribution >= 4 is 45.6 Å². The Bertz CT molecular complexity index is 1490. The van der Waals surface area contributed by atoms with Crippen molar-refractivity contribution < 1.29 is 23.9 Å². The van der Waals surface area contributed by atoms with Gasteiger partial charge in [0.2, 0.25) is 11.8 Å². The number of para-hydroxylation sites is 2. The first-order valence-electron chi connectivity index (χ1n) is 14.4. The number of H-pyrrole nitrogens is 2. The van der Waals surface area contributed by atoms with Crippen LogP contribution in [0.15, 0.2) is 60.9 Å². The summed E-state index contributed by atoms with van der Waals surface area (Å²) in [6.07, 6.45) is 3.58. The standard InChI is InChI=1S/C32H40N6O5/c1-17(2)27(33)29(39)37-25(13-19-15-35-23-11-7-5-9-21(19)23)31(41)43-32(42)26(38-30(40)28(34)18(3)4)14-20-16-36-24-12-8-6-10-22(20)24/h5-12,15-18,25-28,35-36H,13-14,33-34H2,1-4H3,(H,37,39)(H,38,40)/t25-,26-,27-,28-/m0/s1. The zero-order valence-corrected chi connectivity index (χ0v) is 24.8. The van der Waals surface area contributed by atoms with Gasteiger partial charge in [-0.15, -0.1) is 0 Å². The van der Waals surface area contributed by atoms with Crippen molar-refractivity contribution in [1.82, 2.24) is 20.6 Å². The summed E-state index contributed by atoms with van der Waals surface area (Å²) in [5, 5.41) is 7.07. The number of aromatic nitrogens is 2. The van der Waals surface area contributed by atoms with Crippen LogP contribution in [0.25, 0.3) is 21.8 Å². The van der Waals surface area contributed by atoms with E-state index in [0.29, 0.717) is 0 Å². The lowest BCUT2D eigenvalue weighted by Gasteiger charge is -2.23. The van der Waals surface area contributed by atoms with Crippen molar-refractivity contribution in [3.8, 4) is 0 Å². The molecule has 11 heteroatoms. The Morgan fingerprint density at radius 3 is 1.42 bits per heavy atom. The van der Waals surface area contributed by atoms with E-state index < -0.39 is 47.9 Å². The van der Waals surface area contributed by atoms with E-state index in [1.54, 1.807) is 40.1 Å². The first-order valence-corrected chi connectivity index (χ1v) is 14.4. The fourth-order valence-electron chi connectivity index (χ4n) is 4.81. The van der Waals surface area contributed by atoms with Crippen LogP contribution in [0.1, 0.15) is 38.8 Å². The minimum Gasteiger partial charge on any atom is -0.390 e. The third kappa shape index (κ3) is 7.49. The van der Waals surface area contributed by atoms with Gasteiger partial charge in [0, 0.05) is 47.0 Å². The maximum absolute atomic E-state index is 13.5. The largest absolute Gasteiger partial charge is 0.390 e. The molecule has 4 aromatic rings. The molecule has 8 N–H and O–H groups in total. The summed E-state index contributed by atoms with van der Waals surface area (Å²) in [4.78, 5) is 59.2. The minimum absolute atomic E-state index is 0.0460. The summed E-state index contributed by atoms with van der Waals surface area (Å²) in [6, 6.07) is 10.9. The van der Waals surface area contributed by atoms with Gasteiger partial charge in [0.05, 0.1) is 12.1 Å². The van der Waals surface area contributed by atoms with Crippen LogP contribution >= 0.6 is 0 Å². The van der Waals surface area contributed by atoms with Crippen LogP contribution < -0.4 is 22.1 Å². The molecule has 4 rings (SSSR count). The number of carbonyl (C=O) groups excluding carboxylic acids is 4. The maximum atomic E-state index is 13.5. The summed E-state index contributed by atoms with van der Waals surface area (Å²) < 4.78 is 5.37. The Morgan fingerprint density at radius 2 is 1.05 bits per heavy atom. The average Bonchev–Trinajstić information content (AvgIpc) is 3.59. The predicted octanol–water partition coefficient (Wildman–Crippen LogP) is 2.44. The molecule has 0 spiro atoms. The molecule has 2 amide bonds. The molecule has 0 saturated carbocycles. The highest BCUT2D eigenvalue weighted by atomic mass is 16.6. The van der Waals surface area contributed by atoms with E-state index in [1.807, 2.05) is 48.5 Å². The van der Waals surface area contributed by atoms with E-state index in [2.05, 4.69) is 20.6 Å². The van der Waals surface area contributed by atoms with Gasteiger partial charge in [0.25, 0.3) is 0 Å². The number of rotatable bonds is 12. The highest BCUT2D eigenvalue weighted by Crippen LogP contribution is 2.21. The monoisotopic (exact) mass is 588 g/mol. The van der Waals surface area contributed by atoms with E-state index in [1.165, 1.54) is 0 Å². The molecule has 0 bridgehead atoms. The first-order chi connectivity index (χ1) is 20.5. The molecule has 0 aliphatic heterocycles. The molecule has 2 aromatic heterocycles. The molecule has 0 unspecified atom stereocenters. The summed E-state index contributed by atoms with van der Waals surface area (Å²) >= 11 is 0. The first kappa shape index (κ1) is 31.5. The van der Waals surface area contributed by atoms with Crippen LogP contribution in [0.4, 0.5) is 0 Å². The molecule has 0 radical (unpaired) electrons. The highest BCUT2D eigenvalue weighted by molar-refractivity contribution is 5.97. The SMILES string of the molecule is CC(C)[C@H](N)C(=O)N[C@@H](Cc1c[nH]c2ccccc12)C(=O)OC(=O)[C@H](Cc1c[nH]c2ccccc12)NC(=O)[C@@H](N)C(C)C. The van der Waals surface area contributed by atoms with Gasteiger partial charge in [-0.1, -0.05) is 64.1 Å². The molecular weight excluding hydrogens is 548 g/mol. The number of ether oxygens (including phenoxy) is 1. The quantitative estimate of drug-likeness (QED) is 0.108. The van der Waals surface area contributed by atoms with Crippen molar-refractivity contribution in [1.29, 1.82) is 0 Å². The number of carbonyl (C=O) groups is 4. The summed E-state index contributed by atoms with van der Waals surface area (Å²) in [5.74, 6) is -3.40. The second-order valence-electron chi connectivity index (χ2n) is 11.5. The van der Waals surface area contributed by atoms with E-state index >= 15 is 0 Å². The lowest BCUT2D eigenvalue weighted by molar-refractivity contribution is -0.164. The van der Waals surface area contributed by atoms with E-state index in [9.17, 15) is 19.2 Å². The minimum atomic E-state index is -1.22. The molecular formula is C32H40N6O5. The lowest BCUT2D eigenvalue weighted by Crippen LogP contribution is -2.54. The molecule has 0 fully saturated rings. The lowest BCUT2D eigenvalue weighted by atomic mass is 10.0. The number of aromatic amines is 2. The molecule has 4 atom stereocenters. The van der Waals surface area contributed by atoms with Crippen LogP contribution in [-0.2, 0) is 36.8 Å². The predicted molar refractivity (Wildman–Crippen MR) is 165 cm³/mol. The molecule has 2 aromatic carbocycles. The van der Waals surface area contributed by atoms with Gasteiger partial charge in [0.1, 0.15) is 12.1 Å². The fourth-order valence-corrected chi connectivity index (χ4v) is 4.81. The maximum Gasteiger partial charge on any atom is 0.336 e. The number of nitrogens with one attached hydrogen (secondary N) is 4. The van der Waals surface area contributed by atoms with Crippen LogP contribution in [0, 0.1) is 11.8 Å². The van der Waals surface area contributed by atoms with Crippen molar-refractivity contribution in [2.45, 2.75) is 64.7 Å². The molecule has 0 saturated heterocycles. The molecule has 0 aliphatic carbocycles. The number of fused-ring (bicyclic) bond motifs is 2. The van der Waals surface area contributed by atoms with E-state index in [-0.39, 0.29) is 24.7 Å². The third-order valence-electron chi connectivity index (χ3n) is 7.64. The van der Waals surface area contributed by atoms with Crippen molar-refractivity contribution in [2.24, 2.45) is 23.3 Å². The second kappa shape index (κ2) is 13.7. The normalized spacial score (nSPS) is 14.4. The van der Waals surface area contributed by atoms with Crippen molar-refractivity contribution in [2.75, 3.05) is 0 Å². The van der Waals surface area contributed by atoms with Crippen LogP contribution in [-0.4, -0.2) is 57.9 Å². The van der Waals surface area contributed by atoms with Gasteiger partial charge in [-0.3, -0.25) is 9.59 Å². The zero-order chi connectivity index (χ0) is 31.3. The molecule has 0 aliphatic rings. The van der Waals surface area contributed by atoms with Gasteiger partial charge in [-0.25, -0.2) is 9.59 Å². The topological polar surface area (TPSA) is 185 Å². The van der Waals surface area contributed by atoms with Gasteiger partial charge < -0.3 is 36.8 Å². The third-order valence-corrected chi connectivity index (χ3v) is 7.64. The number of esters is 2. The number of hydrogen-bond donors (Lipinski definition) is 6. The zero-order valence-electron chi connectivity index (χ0n) is 24.8. The van der Waals surface area contributed by atoms with Crippen LogP contribution in [0.2, 0.25) is 0 Å². The Balaban J connectivity index is 1.59. The molecule has 11 nitrogen and oxygen atoms in total. The Kier molecular flexibility index (Phi) is 9.99. The van der Waals surface area contributed by atoms with Crippen molar-refractivity contribution in [3.63, 3.8) is 0 Å². The van der Waals surface area contributed by atoms with Gasteiger partial charge in [-0.2, -0.15) is 0 Å². The van der Waals surface area contributed by atoms with Crippen LogP contribution in [0.3, 0.4) is 0 Å². The summed E-state index contributed by atoms with van der Waals surface area (Å²) in [5.41, 5.74) is 15.3. The van der Waals surface area contributed by atoms with Gasteiger partial charge in [-0.05, 0) is 35.1 Å². The van der Waals surface area contributed by atoms with Crippen LogP contribution in [0.5, 0.6) is 0 Å². The number of benzene rings is 2. The molecule has 43 heavy (non-hydrogen) atoms. The fraction of sp³-hybridized carbons (Fsp3) is 0.375. The summed E-state index contributed by atoms with van der Waals surface area (Å²) in [6.45, 7) is 7.17. The second-order valence-corrected chi connectivity index (χ2v) is 11.5. The highest BCUT2D eigenvalue weighted by Gasteiger charge is 2.33. The van der Waals surface area contributed by atoms with Gasteiger partial charge in [0.15, 0.2) is 0 Å². The Morgan fingerprint density at radius 1 is 0.674 bits per heavy atom. The number of nitrogens with two attached hydrogens (primary N) is 2. The van der Waals surface area contributed by atoms with Gasteiger partial charge >= 0.3 is 11.9 Å². The summed E-state index contributed by atoms with van der Waals surface area (Å²) in [7, 11) is 0. The average molecular weight is 589 g/mol. The molecule has 2 heterocycles. The van der Waals surface area contributed by atoms with E-state index in [0.717, 1.165) is 32.9 Å². The smallest absolute Gasteiger partial charge is 0.336 e. The Hall–Kier alpha value is -4.48.